The number of rotatable bonds is 7. The quantitative estimate of drug-likeness (QED) is 0.373. The molecule has 200 valence electrons. The monoisotopic (exact) mass is 540 g/mol. The van der Waals surface area contributed by atoms with E-state index in [9.17, 15) is 38.1 Å². The summed E-state index contributed by atoms with van der Waals surface area (Å²) in [6, 6.07) is 2.84. The van der Waals surface area contributed by atoms with Gasteiger partial charge in [-0.3, -0.25) is 24.1 Å². The topological polar surface area (TPSA) is 145 Å². The zero-order chi connectivity index (χ0) is 27.1. The van der Waals surface area contributed by atoms with Crippen LogP contribution in [0.4, 0.5) is 8.78 Å². The van der Waals surface area contributed by atoms with E-state index in [0.29, 0.717) is 19.1 Å². The SMILES string of the molecule is C=P(O)(O)CCCN1C(=O)c2c(O)c(=O)c(C(=O)NCc3ccc(F)cc3F)cn2N(C)C12CCOC2. The molecule has 2 aliphatic rings. The summed E-state index contributed by atoms with van der Waals surface area (Å²) in [7, 11) is -1.72. The van der Waals surface area contributed by atoms with Gasteiger partial charge in [-0.1, -0.05) is 12.4 Å². The number of aromatic nitrogens is 1. The molecule has 0 saturated carbocycles. The maximum atomic E-state index is 13.9. The molecular formula is C23H27F2N4O7P. The van der Waals surface area contributed by atoms with Crippen LogP contribution in [0, 0.1) is 11.6 Å². The first-order valence-electron chi connectivity index (χ1n) is 11.4. The Bertz CT molecular complexity index is 1350. The van der Waals surface area contributed by atoms with Crippen LogP contribution in [0.5, 0.6) is 5.75 Å². The number of aromatic hydroxyl groups is 1. The number of nitrogens with zero attached hydrogens (tertiary/aromatic N) is 3. The van der Waals surface area contributed by atoms with Gasteiger partial charge in [0.15, 0.2) is 17.1 Å². The van der Waals surface area contributed by atoms with Crippen LogP contribution in [-0.2, 0) is 11.3 Å². The third-order valence-electron chi connectivity index (χ3n) is 6.62. The molecule has 1 saturated heterocycles. The van der Waals surface area contributed by atoms with Crippen LogP contribution in [-0.4, -0.2) is 81.2 Å². The van der Waals surface area contributed by atoms with Crippen molar-refractivity contribution in [2.24, 2.45) is 0 Å². The molecule has 4 rings (SSSR count). The number of nitrogens with one attached hydrogen (secondary N) is 1. The summed E-state index contributed by atoms with van der Waals surface area (Å²) in [4.78, 5) is 60.0. The van der Waals surface area contributed by atoms with Crippen molar-refractivity contribution < 1.29 is 38.0 Å². The molecule has 37 heavy (non-hydrogen) atoms. The van der Waals surface area contributed by atoms with Crippen molar-refractivity contribution in [2.75, 3.05) is 38.0 Å². The van der Waals surface area contributed by atoms with E-state index in [0.717, 1.165) is 18.3 Å². The fraction of sp³-hybridized carbons (Fsp3) is 0.391. The molecule has 2 aliphatic heterocycles. The van der Waals surface area contributed by atoms with E-state index in [1.807, 2.05) is 0 Å². The van der Waals surface area contributed by atoms with E-state index in [1.165, 1.54) is 9.58 Å². The first-order chi connectivity index (χ1) is 17.4. The van der Waals surface area contributed by atoms with E-state index >= 15 is 0 Å². The van der Waals surface area contributed by atoms with Crippen molar-refractivity contribution in [1.29, 1.82) is 0 Å². The van der Waals surface area contributed by atoms with Gasteiger partial charge in [0.05, 0.1) is 13.2 Å². The molecule has 1 atom stereocenters. The fourth-order valence-corrected chi connectivity index (χ4v) is 5.27. The van der Waals surface area contributed by atoms with E-state index < -0.39 is 53.2 Å². The lowest BCUT2D eigenvalue weighted by Crippen LogP contribution is -2.70. The van der Waals surface area contributed by atoms with Crippen LogP contribution < -0.4 is 15.8 Å². The number of benzene rings is 1. The molecule has 1 unspecified atom stereocenters. The molecule has 4 N–H and O–H groups in total. The van der Waals surface area contributed by atoms with Crippen LogP contribution >= 0.6 is 7.34 Å². The van der Waals surface area contributed by atoms with E-state index in [1.54, 1.807) is 12.1 Å². The van der Waals surface area contributed by atoms with Crippen molar-refractivity contribution in [3.8, 4) is 5.75 Å². The third kappa shape index (κ3) is 4.99. The molecule has 1 aromatic carbocycles. The molecule has 0 radical (unpaired) electrons. The fourth-order valence-electron chi connectivity index (χ4n) is 4.62. The number of halogens is 2. The Kier molecular flexibility index (Phi) is 7.17. The van der Waals surface area contributed by atoms with Gasteiger partial charge in [-0.25, -0.2) is 8.78 Å². The molecule has 0 bridgehead atoms. The van der Waals surface area contributed by atoms with E-state index in [4.69, 9.17) is 4.74 Å². The zero-order valence-corrected chi connectivity index (χ0v) is 20.9. The first kappa shape index (κ1) is 26.8. The van der Waals surface area contributed by atoms with Crippen LogP contribution in [0.3, 0.4) is 0 Å². The summed E-state index contributed by atoms with van der Waals surface area (Å²) in [5.74, 6) is -4.22. The van der Waals surface area contributed by atoms with Crippen molar-refractivity contribution in [3.05, 3.63) is 63.1 Å². The highest BCUT2D eigenvalue weighted by molar-refractivity contribution is 7.62. The maximum absolute atomic E-state index is 13.9. The third-order valence-corrected chi connectivity index (χ3v) is 7.65. The average molecular weight is 540 g/mol. The highest BCUT2D eigenvalue weighted by atomic mass is 31.2. The predicted molar refractivity (Wildman–Crippen MR) is 131 cm³/mol. The van der Waals surface area contributed by atoms with Crippen LogP contribution in [0.25, 0.3) is 0 Å². The molecule has 1 spiro atoms. The van der Waals surface area contributed by atoms with Crippen molar-refractivity contribution in [2.45, 2.75) is 25.0 Å². The summed E-state index contributed by atoms with van der Waals surface area (Å²) in [6.45, 7) is 0.137. The summed E-state index contributed by atoms with van der Waals surface area (Å²) < 4.78 is 33.9. The zero-order valence-electron chi connectivity index (χ0n) is 20.0. The minimum atomic E-state index is -3.32. The van der Waals surface area contributed by atoms with Gasteiger partial charge in [-0.2, -0.15) is 0 Å². The number of pyridine rings is 1. The smallest absolute Gasteiger partial charge is 0.278 e. The second-order valence-corrected chi connectivity index (χ2v) is 11.3. The van der Waals surface area contributed by atoms with Gasteiger partial charge in [0, 0.05) is 50.5 Å². The van der Waals surface area contributed by atoms with Gasteiger partial charge in [-0.05, 0) is 12.5 Å². The largest absolute Gasteiger partial charge is 0.502 e. The molecule has 2 aromatic rings. The number of hydrogen-bond donors (Lipinski definition) is 4. The number of ether oxygens (including phenoxy) is 1. The normalized spacial score (nSPS) is 19.4. The Morgan fingerprint density at radius 2 is 2.03 bits per heavy atom. The van der Waals surface area contributed by atoms with Gasteiger partial charge in [0.1, 0.15) is 24.5 Å². The van der Waals surface area contributed by atoms with Crippen LogP contribution in [0.2, 0.25) is 0 Å². The molecule has 0 aliphatic carbocycles. The van der Waals surface area contributed by atoms with Crippen molar-refractivity contribution in [3.63, 3.8) is 0 Å². The van der Waals surface area contributed by atoms with E-state index in [2.05, 4.69) is 11.6 Å². The summed E-state index contributed by atoms with van der Waals surface area (Å²) in [6.07, 6.45) is 5.00. The van der Waals surface area contributed by atoms with Crippen LogP contribution in [0.15, 0.2) is 29.2 Å². The highest BCUT2D eigenvalue weighted by Gasteiger charge is 2.52. The predicted octanol–water partition coefficient (Wildman–Crippen LogP) is 0.557. The lowest BCUT2D eigenvalue weighted by atomic mass is 10.0. The standard InChI is InChI=1S/C23H27F2N4O7P/c1-27-23(6-8-36-13-23)28(7-3-9-37(2,34)35)22(33)18-20(31)19(30)16(12-29(18)27)21(32)26-11-14-4-5-15(24)10-17(14)25/h4-5,10,12,31,34-35H,2-3,6-9,11,13H2,1H3,(H,26,32). The Hall–Kier alpha value is -3.25. The average Bonchev–Trinajstić information content (AvgIpc) is 3.31. The number of fused-ring (bicyclic) bond motifs is 1. The molecular weight excluding hydrogens is 513 g/mol. The van der Waals surface area contributed by atoms with E-state index in [-0.39, 0.29) is 43.5 Å². The Morgan fingerprint density at radius 1 is 1.30 bits per heavy atom. The molecule has 3 heterocycles. The Morgan fingerprint density at radius 3 is 2.65 bits per heavy atom. The number of hydrogen-bond acceptors (Lipinski definition) is 8. The second kappa shape index (κ2) is 9.90. The minimum absolute atomic E-state index is 0.0125. The minimum Gasteiger partial charge on any atom is -0.502 e. The van der Waals surface area contributed by atoms with Crippen molar-refractivity contribution >= 4 is 25.5 Å². The number of carbonyl (C=O) groups excluding carboxylic acids is 2. The number of carbonyl (C=O) groups is 2. The van der Waals surface area contributed by atoms with Crippen molar-refractivity contribution in [1.82, 2.24) is 14.9 Å². The van der Waals surface area contributed by atoms with Gasteiger partial charge < -0.3 is 29.8 Å². The summed E-state index contributed by atoms with van der Waals surface area (Å²) >= 11 is 0. The van der Waals surface area contributed by atoms with Crippen LogP contribution in [0.1, 0.15) is 39.3 Å². The first-order valence-corrected chi connectivity index (χ1v) is 13.4. The number of amides is 2. The molecule has 2 amide bonds. The molecule has 1 fully saturated rings. The summed E-state index contributed by atoms with van der Waals surface area (Å²) in [5, 5.41) is 14.7. The molecule has 14 heteroatoms. The molecule has 1 aromatic heterocycles. The van der Waals surface area contributed by atoms with Gasteiger partial charge in [0.25, 0.3) is 11.8 Å². The maximum Gasteiger partial charge on any atom is 0.278 e. The highest BCUT2D eigenvalue weighted by Crippen LogP contribution is 2.38. The van der Waals surface area contributed by atoms with Gasteiger partial charge in [0.2, 0.25) is 5.43 Å². The number of likely N-dealkylation sites (N-methyl/N-ethyl adjacent to an activating group) is 1. The lowest BCUT2D eigenvalue weighted by Gasteiger charge is -2.52. The Balaban J connectivity index is 1.67. The van der Waals surface area contributed by atoms with Gasteiger partial charge in [-0.15, -0.1) is 0 Å². The van der Waals surface area contributed by atoms with Gasteiger partial charge >= 0.3 is 0 Å². The second-order valence-electron chi connectivity index (χ2n) is 9.05. The molecule has 11 nitrogen and oxygen atoms in total. The summed E-state index contributed by atoms with van der Waals surface area (Å²) in [5.41, 5.74) is -2.99. The Labute approximate surface area is 210 Å². The lowest BCUT2D eigenvalue weighted by molar-refractivity contribution is 0.0223.